The number of nitrogens with zero attached hydrogens (tertiary/aromatic N) is 5. The van der Waals surface area contributed by atoms with E-state index in [-0.39, 0.29) is 30.0 Å². The zero-order chi connectivity index (χ0) is 16.2. The molecule has 0 spiro atoms. The third-order valence-electron chi connectivity index (χ3n) is 3.82. The molecule has 3 heterocycles. The number of aliphatic imine (C=N–C) groups is 1. The van der Waals surface area contributed by atoms with Crippen LogP contribution < -0.4 is 10.6 Å². The fourth-order valence-corrected chi connectivity index (χ4v) is 3.56. The molecule has 132 valence electrons. The second-order valence-corrected chi connectivity index (χ2v) is 7.01. The van der Waals surface area contributed by atoms with Crippen molar-refractivity contribution in [2.24, 2.45) is 4.99 Å². The smallest absolute Gasteiger partial charge is 0.191 e. The van der Waals surface area contributed by atoms with Crippen molar-refractivity contribution in [1.82, 2.24) is 30.4 Å². The molecule has 1 atom stereocenters. The quantitative estimate of drug-likeness (QED) is 0.415. The summed E-state index contributed by atoms with van der Waals surface area (Å²) in [6, 6.07) is 0.165. The van der Waals surface area contributed by atoms with Gasteiger partial charge in [-0.25, -0.2) is 14.6 Å². The normalized spacial score (nSPS) is 17.1. The van der Waals surface area contributed by atoms with Gasteiger partial charge >= 0.3 is 0 Å². The van der Waals surface area contributed by atoms with E-state index in [9.17, 15) is 0 Å². The first-order valence-corrected chi connectivity index (χ1v) is 8.77. The molecule has 1 unspecified atom stereocenters. The van der Waals surface area contributed by atoms with Gasteiger partial charge in [0.25, 0.3) is 0 Å². The van der Waals surface area contributed by atoms with Crippen molar-refractivity contribution in [3.63, 3.8) is 0 Å². The van der Waals surface area contributed by atoms with Crippen LogP contribution in [0.1, 0.15) is 40.4 Å². The summed E-state index contributed by atoms with van der Waals surface area (Å²) in [6.07, 6.45) is 4.97. The molecule has 2 N–H and O–H groups in total. The first-order chi connectivity index (χ1) is 11.2. The van der Waals surface area contributed by atoms with E-state index in [1.807, 2.05) is 17.8 Å². The number of nitrogens with one attached hydrogen (secondary N) is 2. The van der Waals surface area contributed by atoms with E-state index >= 15 is 0 Å². The van der Waals surface area contributed by atoms with Gasteiger partial charge in [-0.2, -0.15) is 5.10 Å². The van der Waals surface area contributed by atoms with Crippen LogP contribution in [0.5, 0.6) is 0 Å². The van der Waals surface area contributed by atoms with Gasteiger partial charge in [-0.15, -0.1) is 35.3 Å². The molecular weight excluding hydrogens is 437 g/mol. The number of aryl methyl sites for hydroxylation is 3. The summed E-state index contributed by atoms with van der Waals surface area (Å²) in [4.78, 5) is 14.5. The highest BCUT2D eigenvalue weighted by atomic mass is 127. The number of guanidine groups is 1. The van der Waals surface area contributed by atoms with E-state index in [1.54, 1.807) is 18.4 Å². The maximum absolute atomic E-state index is 4.55. The third kappa shape index (κ3) is 4.65. The van der Waals surface area contributed by atoms with E-state index in [0.29, 0.717) is 0 Å². The van der Waals surface area contributed by atoms with Crippen molar-refractivity contribution in [2.75, 3.05) is 13.6 Å². The van der Waals surface area contributed by atoms with Crippen molar-refractivity contribution in [3.8, 4) is 0 Å². The summed E-state index contributed by atoms with van der Waals surface area (Å²) in [5.74, 6) is 2.64. The second kappa shape index (κ2) is 8.75. The van der Waals surface area contributed by atoms with Crippen molar-refractivity contribution in [3.05, 3.63) is 27.7 Å². The molecule has 7 nitrogen and oxygen atoms in total. The van der Waals surface area contributed by atoms with E-state index in [0.717, 1.165) is 55.0 Å². The Morgan fingerprint density at radius 3 is 3.00 bits per heavy atom. The predicted octanol–water partition coefficient (Wildman–Crippen LogP) is 2.21. The van der Waals surface area contributed by atoms with Gasteiger partial charge in [0.15, 0.2) is 5.96 Å². The summed E-state index contributed by atoms with van der Waals surface area (Å²) >= 11 is 1.74. The highest BCUT2D eigenvalue weighted by molar-refractivity contribution is 14.0. The van der Waals surface area contributed by atoms with Crippen LogP contribution in [0, 0.1) is 13.8 Å². The lowest BCUT2D eigenvalue weighted by atomic mass is 10.1. The Bertz CT molecular complexity index is 694. The number of hydrogen-bond acceptors (Lipinski definition) is 5. The largest absolute Gasteiger partial charge is 0.356 e. The number of fused-ring (bicyclic) bond motifs is 1. The predicted molar refractivity (Wildman–Crippen MR) is 107 cm³/mol. The Morgan fingerprint density at radius 1 is 1.46 bits per heavy atom. The molecule has 1 aliphatic heterocycles. The molecule has 0 bridgehead atoms. The van der Waals surface area contributed by atoms with Crippen LogP contribution in [0.25, 0.3) is 0 Å². The van der Waals surface area contributed by atoms with Crippen molar-refractivity contribution in [2.45, 2.75) is 45.7 Å². The summed E-state index contributed by atoms with van der Waals surface area (Å²) in [5.41, 5.74) is 0. The molecular formula is C15H24IN7S. The van der Waals surface area contributed by atoms with E-state index in [1.165, 1.54) is 4.88 Å². The molecule has 0 aromatic carbocycles. The molecule has 0 radical (unpaired) electrons. The Morgan fingerprint density at radius 2 is 2.29 bits per heavy atom. The van der Waals surface area contributed by atoms with Gasteiger partial charge in [-0.1, -0.05) is 0 Å². The molecule has 0 amide bonds. The number of rotatable bonds is 4. The van der Waals surface area contributed by atoms with Crippen LogP contribution in [0.2, 0.25) is 0 Å². The first-order valence-electron chi connectivity index (χ1n) is 7.95. The monoisotopic (exact) mass is 461 g/mol. The van der Waals surface area contributed by atoms with Gasteiger partial charge in [0.2, 0.25) is 0 Å². The van der Waals surface area contributed by atoms with Crippen LogP contribution in [-0.2, 0) is 13.0 Å². The summed E-state index contributed by atoms with van der Waals surface area (Å²) < 4.78 is 2.00. The summed E-state index contributed by atoms with van der Waals surface area (Å²) in [7, 11) is 1.79. The standard InChI is InChI=1S/C15H23N7S.HI/c1-10-9-18-13(23-10)6-7-17-15(16-3)20-12-5-4-8-22-14(12)19-11(2)21-22;/h9,12H,4-8H2,1-3H3,(H2,16,17,20);1H. The topological polar surface area (TPSA) is 80.0 Å². The maximum atomic E-state index is 4.55. The molecule has 3 rings (SSSR count). The maximum Gasteiger partial charge on any atom is 0.191 e. The minimum Gasteiger partial charge on any atom is -0.356 e. The lowest BCUT2D eigenvalue weighted by Gasteiger charge is -2.24. The third-order valence-corrected chi connectivity index (χ3v) is 4.79. The minimum atomic E-state index is 0. The second-order valence-electron chi connectivity index (χ2n) is 5.69. The van der Waals surface area contributed by atoms with Crippen LogP contribution in [0.4, 0.5) is 0 Å². The van der Waals surface area contributed by atoms with Crippen LogP contribution in [0.3, 0.4) is 0 Å². The van der Waals surface area contributed by atoms with Crippen molar-refractivity contribution in [1.29, 1.82) is 0 Å². The Labute approximate surface area is 163 Å². The summed E-state index contributed by atoms with van der Waals surface area (Å²) in [6.45, 7) is 5.77. The van der Waals surface area contributed by atoms with E-state index in [4.69, 9.17) is 0 Å². The Hall–Kier alpha value is -1.23. The molecule has 24 heavy (non-hydrogen) atoms. The molecule has 9 heteroatoms. The van der Waals surface area contributed by atoms with Crippen molar-refractivity contribution < 1.29 is 0 Å². The van der Waals surface area contributed by atoms with Gasteiger partial charge in [0, 0.05) is 37.6 Å². The number of thiazole rings is 1. The summed E-state index contributed by atoms with van der Waals surface area (Å²) in [5, 5.41) is 12.4. The van der Waals surface area contributed by atoms with Gasteiger partial charge in [0.1, 0.15) is 11.6 Å². The average Bonchev–Trinajstić information content (AvgIpc) is 3.11. The lowest BCUT2D eigenvalue weighted by Crippen LogP contribution is -2.42. The van der Waals surface area contributed by atoms with Gasteiger partial charge in [-0.05, 0) is 26.7 Å². The van der Waals surface area contributed by atoms with Crippen LogP contribution in [0.15, 0.2) is 11.2 Å². The molecule has 0 saturated carbocycles. The first kappa shape index (κ1) is 19.1. The van der Waals surface area contributed by atoms with Crippen LogP contribution in [-0.4, -0.2) is 39.3 Å². The fraction of sp³-hybridized carbons (Fsp3) is 0.600. The molecule has 2 aromatic heterocycles. The van der Waals surface area contributed by atoms with Crippen molar-refractivity contribution >= 4 is 41.3 Å². The zero-order valence-electron chi connectivity index (χ0n) is 14.2. The SMILES string of the molecule is CN=C(NCCc1ncc(C)s1)NC1CCCn2nc(C)nc21.I. The molecule has 2 aromatic rings. The zero-order valence-corrected chi connectivity index (χ0v) is 17.4. The molecule has 0 saturated heterocycles. The number of halogens is 1. The van der Waals surface area contributed by atoms with Gasteiger partial charge in [0.05, 0.1) is 11.0 Å². The number of hydrogen-bond donors (Lipinski definition) is 2. The highest BCUT2D eigenvalue weighted by Gasteiger charge is 2.24. The van der Waals surface area contributed by atoms with Gasteiger partial charge in [-0.3, -0.25) is 4.99 Å². The minimum absolute atomic E-state index is 0. The van der Waals surface area contributed by atoms with Crippen LogP contribution >= 0.6 is 35.3 Å². The Balaban J connectivity index is 0.00000208. The van der Waals surface area contributed by atoms with E-state index < -0.39 is 0 Å². The van der Waals surface area contributed by atoms with Gasteiger partial charge < -0.3 is 10.6 Å². The average molecular weight is 461 g/mol. The highest BCUT2D eigenvalue weighted by Crippen LogP contribution is 2.22. The Kier molecular flexibility index (Phi) is 6.96. The fourth-order valence-electron chi connectivity index (χ4n) is 2.77. The molecule has 0 aliphatic carbocycles. The molecule has 0 fully saturated rings. The lowest BCUT2D eigenvalue weighted by molar-refractivity contribution is 0.398. The van der Waals surface area contributed by atoms with E-state index in [2.05, 4.69) is 37.6 Å². The number of aromatic nitrogens is 4. The molecule has 1 aliphatic rings.